The Kier molecular flexibility index (Phi) is 5.49. The van der Waals surface area contributed by atoms with Gasteiger partial charge in [0.15, 0.2) is 0 Å². The predicted molar refractivity (Wildman–Crippen MR) is 97.1 cm³/mol. The number of hydrogen-bond donors (Lipinski definition) is 1. The third kappa shape index (κ3) is 4.39. The van der Waals surface area contributed by atoms with Crippen LogP contribution in [0.3, 0.4) is 0 Å². The normalized spacial score (nSPS) is 12.1. The second kappa shape index (κ2) is 8.16. The van der Waals surface area contributed by atoms with E-state index in [2.05, 4.69) is 5.32 Å². The van der Waals surface area contributed by atoms with Gasteiger partial charge in [-0.2, -0.15) is 0 Å². The van der Waals surface area contributed by atoms with Crippen molar-refractivity contribution in [3.63, 3.8) is 0 Å². The number of hydrogen-bond acceptors (Lipinski definition) is 3. The lowest BCUT2D eigenvalue weighted by atomic mass is 9.98. The molecule has 0 saturated heterocycles. The van der Waals surface area contributed by atoms with E-state index in [9.17, 15) is 9.18 Å². The first-order chi connectivity index (χ1) is 12.7. The van der Waals surface area contributed by atoms with Crippen molar-refractivity contribution in [2.45, 2.75) is 6.04 Å². The number of ether oxygens (including phenoxy) is 1. The monoisotopic (exact) mass is 351 g/mol. The molecule has 0 aliphatic rings. The van der Waals surface area contributed by atoms with Crippen molar-refractivity contribution in [3.05, 3.63) is 95.7 Å². The van der Waals surface area contributed by atoms with Crippen LogP contribution in [0, 0.1) is 5.82 Å². The number of amides is 1. The molecule has 1 unspecified atom stereocenters. The fourth-order valence-electron chi connectivity index (χ4n) is 2.54. The number of rotatable bonds is 6. The zero-order valence-electron chi connectivity index (χ0n) is 14.2. The van der Waals surface area contributed by atoms with Gasteiger partial charge in [0, 0.05) is 6.08 Å². The van der Waals surface area contributed by atoms with E-state index in [1.165, 1.54) is 24.5 Å². The molecule has 2 aromatic carbocycles. The van der Waals surface area contributed by atoms with Crippen molar-refractivity contribution in [1.29, 1.82) is 0 Å². The number of halogens is 1. The maximum absolute atomic E-state index is 13.3. The summed E-state index contributed by atoms with van der Waals surface area (Å²) in [6.45, 7) is 0. The highest BCUT2D eigenvalue weighted by molar-refractivity contribution is 5.91. The second-order valence-electron chi connectivity index (χ2n) is 5.62. The molecular weight excluding hydrogens is 333 g/mol. The molecular formula is C21H18FNO3. The van der Waals surface area contributed by atoms with Crippen LogP contribution in [0.1, 0.15) is 22.9 Å². The van der Waals surface area contributed by atoms with Crippen LogP contribution in [0.15, 0.2) is 77.4 Å². The first kappa shape index (κ1) is 17.5. The van der Waals surface area contributed by atoms with E-state index >= 15 is 0 Å². The highest BCUT2D eigenvalue weighted by Crippen LogP contribution is 2.24. The van der Waals surface area contributed by atoms with Gasteiger partial charge in [0.25, 0.3) is 0 Å². The zero-order valence-corrected chi connectivity index (χ0v) is 14.2. The molecule has 1 heterocycles. The first-order valence-electron chi connectivity index (χ1n) is 8.07. The smallest absolute Gasteiger partial charge is 0.244 e. The zero-order chi connectivity index (χ0) is 18.4. The van der Waals surface area contributed by atoms with Crippen molar-refractivity contribution in [2.75, 3.05) is 7.11 Å². The summed E-state index contributed by atoms with van der Waals surface area (Å²) in [5.74, 6) is 0.691. The van der Waals surface area contributed by atoms with Gasteiger partial charge in [0.2, 0.25) is 5.91 Å². The van der Waals surface area contributed by atoms with Gasteiger partial charge < -0.3 is 14.5 Å². The molecule has 0 aliphatic carbocycles. The molecule has 4 nitrogen and oxygen atoms in total. The van der Waals surface area contributed by atoms with Gasteiger partial charge in [-0.3, -0.25) is 4.79 Å². The summed E-state index contributed by atoms with van der Waals surface area (Å²) in [5, 5.41) is 2.94. The molecule has 0 bridgehead atoms. The quantitative estimate of drug-likeness (QED) is 0.672. The van der Waals surface area contributed by atoms with Crippen LogP contribution in [0.25, 0.3) is 6.08 Å². The topological polar surface area (TPSA) is 51.5 Å². The summed E-state index contributed by atoms with van der Waals surface area (Å²) in [6, 6.07) is 16.5. The highest BCUT2D eigenvalue weighted by Gasteiger charge is 2.16. The van der Waals surface area contributed by atoms with Crippen LogP contribution in [-0.2, 0) is 4.79 Å². The van der Waals surface area contributed by atoms with Gasteiger partial charge in [-0.15, -0.1) is 0 Å². The molecule has 26 heavy (non-hydrogen) atoms. The number of carbonyl (C=O) groups excluding carboxylic acids is 1. The molecule has 0 aliphatic heterocycles. The number of carbonyl (C=O) groups is 1. The van der Waals surface area contributed by atoms with Crippen molar-refractivity contribution in [2.24, 2.45) is 0 Å². The third-order valence-corrected chi connectivity index (χ3v) is 3.88. The lowest BCUT2D eigenvalue weighted by Gasteiger charge is -2.19. The summed E-state index contributed by atoms with van der Waals surface area (Å²) in [7, 11) is 1.59. The molecule has 1 aromatic heterocycles. The van der Waals surface area contributed by atoms with Crippen LogP contribution in [0.5, 0.6) is 5.75 Å². The van der Waals surface area contributed by atoms with Crippen LogP contribution < -0.4 is 10.1 Å². The van der Waals surface area contributed by atoms with E-state index in [0.29, 0.717) is 5.76 Å². The Morgan fingerprint density at radius 1 is 1.08 bits per heavy atom. The van der Waals surface area contributed by atoms with Crippen molar-refractivity contribution < 1.29 is 18.3 Å². The van der Waals surface area contributed by atoms with E-state index in [4.69, 9.17) is 9.15 Å². The Morgan fingerprint density at radius 2 is 1.73 bits per heavy atom. The van der Waals surface area contributed by atoms with Crippen LogP contribution in [0.2, 0.25) is 0 Å². The number of nitrogens with one attached hydrogen (secondary N) is 1. The minimum Gasteiger partial charge on any atom is -0.497 e. The molecule has 1 N–H and O–H groups in total. The number of benzene rings is 2. The minimum absolute atomic E-state index is 0.286. The Bertz CT molecular complexity index is 869. The molecule has 5 heteroatoms. The summed E-state index contributed by atoms with van der Waals surface area (Å²) >= 11 is 0. The van der Waals surface area contributed by atoms with Gasteiger partial charge in [-0.1, -0.05) is 24.3 Å². The number of methoxy groups -OCH3 is 1. The summed E-state index contributed by atoms with van der Waals surface area (Å²) in [4.78, 5) is 12.3. The average Bonchev–Trinajstić information content (AvgIpc) is 3.19. The molecule has 1 amide bonds. The van der Waals surface area contributed by atoms with Crippen LogP contribution >= 0.6 is 0 Å². The molecule has 1 atom stereocenters. The Morgan fingerprint density at radius 3 is 2.31 bits per heavy atom. The lowest BCUT2D eigenvalue weighted by molar-refractivity contribution is -0.116. The molecule has 3 rings (SSSR count). The van der Waals surface area contributed by atoms with E-state index in [1.807, 2.05) is 24.3 Å². The molecule has 0 saturated carbocycles. The predicted octanol–water partition coefficient (Wildman–Crippen LogP) is 4.35. The van der Waals surface area contributed by atoms with Crippen LogP contribution in [-0.4, -0.2) is 13.0 Å². The largest absolute Gasteiger partial charge is 0.497 e. The Hall–Kier alpha value is -3.34. The second-order valence-corrected chi connectivity index (χ2v) is 5.62. The SMILES string of the molecule is COc1ccc(C(NC(=O)C=Cc2ccco2)c2ccc(F)cc2)cc1. The lowest BCUT2D eigenvalue weighted by Crippen LogP contribution is -2.27. The maximum Gasteiger partial charge on any atom is 0.244 e. The fraction of sp³-hybridized carbons (Fsp3) is 0.0952. The molecule has 132 valence electrons. The van der Waals surface area contributed by atoms with Gasteiger partial charge in [0.1, 0.15) is 17.3 Å². The highest BCUT2D eigenvalue weighted by atomic mass is 19.1. The Balaban J connectivity index is 1.84. The van der Waals surface area contributed by atoms with E-state index in [1.54, 1.807) is 37.5 Å². The summed E-state index contributed by atoms with van der Waals surface area (Å²) in [6.07, 6.45) is 4.53. The van der Waals surface area contributed by atoms with Gasteiger partial charge >= 0.3 is 0 Å². The fourth-order valence-corrected chi connectivity index (χ4v) is 2.54. The summed E-state index contributed by atoms with van der Waals surface area (Å²) in [5.41, 5.74) is 1.63. The van der Waals surface area contributed by atoms with Gasteiger partial charge in [-0.25, -0.2) is 4.39 Å². The standard InChI is InChI=1S/C21H18FNO3/c1-25-18-10-6-16(7-11-18)21(15-4-8-17(22)9-5-15)23-20(24)13-12-19-3-2-14-26-19/h2-14,21H,1H3,(H,23,24). The Labute approximate surface area is 150 Å². The molecule has 0 fully saturated rings. The van der Waals surface area contributed by atoms with Crippen molar-refractivity contribution in [3.8, 4) is 5.75 Å². The van der Waals surface area contributed by atoms with Gasteiger partial charge in [0.05, 0.1) is 19.4 Å². The molecule has 3 aromatic rings. The average molecular weight is 351 g/mol. The molecule has 0 radical (unpaired) electrons. The van der Waals surface area contributed by atoms with E-state index < -0.39 is 6.04 Å². The first-order valence-corrected chi connectivity index (χ1v) is 8.07. The van der Waals surface area contributed by atoms with Crippen LogP contribution in [0.4, 0.5) is 4.39 Å². The maximum atomic E-state index is 13.3. The van der Waals surface area contributed by atoms with Crippen molar-refractivity contribution >= 4 is 12.0 Å². The van der Waals surface area contributed by atoms with E-state index in [-0.39, 0.29) is 11.7 Å². The number of furan rings is 1. The third-order valence-electron chi connectivity index (χ3n) is 3.88. The van der Waals surface area contributed by atoms with Crippen molar-refractivity contribution in [1.82, 2.24) is 5.32 Å². The minimum atomic E-state index is -0.421. The summed E-state index contributed by atoms with van der Waals surface area (Å²) < 4.78 is 23.6. The van der Waals surface area contributed by atoms with Gasteiger partial charge in [-0.05, 0) is 53.6 Å². The van der Waals surface area contributed by atoms with E-state index in [0.717, 1.165) is 16.9 Å². The molecule has 0 spiro atoms.